The van der Waals surface area contributed by atoms with Crippen LogP contribution in [0.5, 0.6) is 0 Å². The number of hydrogen-bond acceptors (Lipinski definition) is 6. The number of anilines is 1. The maximum absolute atomic E-state index is 13.7. The molecule has 1 amide bonds. The number of fused-ring (bicyclic) bond motifs is 1. The van der Waals surface area contributed by atoms with Crippen LogP contribution in [0.25, 0.3) is 0 Å². The number of nitrogens with one attached hydrogen (secondary N) is 1. The molecule has 1 N–H and O–H groups in total. The fraction of sp³-hybridized carbons (Fsp3) is 0.516. The van der Waals surface area contributed by atoms with Crippen molar-refractivity contribution in [2.75, 3.05) is 32.0 Å². The number of benzene rings is 1. The van der Waals surface area contributed by atoms with Crippen LogP contribution in [0.15, 0.2) is 40.6 Å². The molecule has 0 radical (unpaired) electrons. The fourth-order valence-electron chi connectivity index (χ4n) is 6.55. The molecule has 1 atom stereocenters. The highest BCUT2D eigenvalue weighted by Crippen LogP contribution is 2.43. The van der Waals surface area contributed by atoms with E-state index >= 15 is 0 Å². The average molecular weight is 669 g/mol. The number of aryl methyl sites for hydroxylation is 1. The second-order valence-corrected chi connectivity index (χ2v) is 16.5. The summed E-state index contributed by atoms with van der Waals surface area (Å²) in [5.74, 6) is 1.05. The summed E-state index contributed by atoms with van der Waals surface area (Å²) in [5.41, 5.74) is 1.51. The Morgan fingerprint density at radius 3 is 2.45 bits per heavy atom. The van der Waals surface area contributed by atoms with Crippen LogP contribution in [0.4, 0.5) is 5.00 Å². The number of carbonyl (C=O) groups excluding carboxylic acids is 1. The van der Waals surface area contributed by atoms with Crippen molar-refractivity contribution in [1.82, 2.24) is 10.2 Å². The molecule has 42 heavy (non-hydrogen) atoms. The van der Waals surface area contributed by atoms with E-state index in [-0.39, 0.29) is 15.8 Å². The molecule has 6 nitrogen and oxygen atoms in total. The van der Waals surface area contributed by atoms with Crippen LogP contribution in [0.2, 0.25) is 10.0 Å². The van der Waals surface area contributed by atoms with Gasteiger partial charge in [-0.15, -0.1) is 22.7 Å². The summed E-state index contributed by atoms with van der Waals surface area (Å²) in [6.45, 7) is 0.587. The third-order valence-electron chi connectivity index (χ3n) is 8.78. The molecule has 228 valence electrons. The summed E-state index contributed by atoms with van der Waals surface area (Å²) < 4.78 is 28.4. The SMILES string of the molecule is CN(C)C(c1cccs1)C1CCC(CCNC(=O)c2c(N(C)S(=O)(=O)c3ccc(Cl)c(Cl)c3)sc3c2CCCC3)CC1. The van der Waals surface area contributed by atoms with Gasteiger partial charge in [-0.25, -0.2) is 8.42 Å². The normalized spacial score (nSPS) is 19.9. The Morgan fingerprint density at radius 1 is 1.05 bits per heavy atom. The Kier molecular flexibility index (Phi) is 10.3. The predicted molar refractivity (Wildman–Crippen MR) is 176 cm³/mol. The Morgan fingerprint density at radius 2 is 1.79 bits per heavy atom. The molecule has 1 aromatic carbocycles. The smallest absolute Gasteiger partial charge is 0.264 e. The van der Waals surface area contributed by atoms with Crippen LogP contribution in [0.1, 0.15) is 76.7 Å². The first-order valence-corrected chi connectivity index (χ1v) is 18.5. The average Bonchev–Trinajstić information content (AvgIpc) is 3.63. The molecule has 2 heterocycles. The molecule has 5 rings (SSSR count). The molecule has 0 aliphatic heterocycles. The summed E-state index contributed by atoms with van der Waals surface area (Å²) >= 11 is 15.4. The van der Waals surface area contributed by atoms with Crippen LogP contribution in [0.3, 0.4) is 0 Å². The minimum absolute atomic E-state index is 0.0447. The monoisotopic (exact) mass is 667 g/mol. The van der Waals surface area contributed by atoms with Crippen molar-refractivity contribution < 1.29 is 13.2 Å². The van der Waals surface area contributed by atoms with Crippen molar-refractivity contribution in [2.45, 2.75) is 68.7 Å². The summed E-state index contributed by atoms with van der Waals surface area (Å²) in [7, 11) is 1.93. The van der Waals surface area contributed by atoms with Crippen LogP contribution < -0.4 is 9.62 Å². The van der Waals surface area contributed by atoms with Crippen LogP contribution in [-0.4, -0.2) is 46.9 Å². The van der Waals surface area contributed by atoms with Gasteiger partial charge in [0, 0.05) is 29.4 Å². The molecular weight excluding hydrogens is 629 g/mol. The second-order valence-electron chi connectivity index (χ2n) is 11.7. The van der Waals surface area contributed by atoms with Gasteiger partial charge in [0.05, 0.1) is 20.5 Å². The van der Waals surface area contributed by atoms with Gasteiger partial charge in [0.25, 0.3) is 15.9 Å². The van der Waals surface area contributed by atoms with Crippen molar-refractivity contribution in [2.24, 2.45) is 11.8 Å². The fourth-order valence-corrected chi connectivity index (χ4v) is 10.7. The number of nitrogens with zero attached hydrogens (tertiary/aromatic N) is 2. The lowest BCUT2D eigenvalue weighted by atomic mass is 9.76. The summed E-state index contributed by atoms with van der Waals surface area (Å²) in [6.07, 6.45) is 9.34. The van der Waals surface area contributed by atoms with E-state index in [1.165, 1.54) is 71.4 Å². The zero-order valence-electron chi connectivity index (χ0n) is 24.4. The maximum Gasteiger partial charge on any atom is 0.264 e. The van der Waals surface area contributed by atoms with Gasteiger partial charge in [0.15, 0.2) is 0 Å². The van der Waals surface area contributed by atoms with E-state index in [1.54, 1.807) is 0 Å². The van der Waals surface area contributed by atoms with Crippen molar-refractivity contribution in [1.29, 1.82) is 0 Å². The Labute approximate surface area is 268 Å². The number of amides is 1. The minimum atomic E-state index is -3.94. The summed E-state index contributed by atoms with van der Waals surface area (Å²) in [4.78, 5) is 18.6. The van der Waals surface area contributed by atoms with E-state index in [2.05, 4.69) is 41.8 Å². The molecule has 2 aromatic heterocycles. The minimum Gasteiger partial charge on any atom is -0.352 e. The van der Waals surface area contributed by atoms with Gasteiger partial charge in [-0.05, 0) is 106 Å². The van der Waals surface area contributed by atoms with E-state index < -0.39 is 10.0 Å². The van der Waals surface area contributed by atoms with Crippen molar-refractivity contribution >= 4 is 66.8 Å². The zero-order valence-corrected chi connectivity index (χ0v) is 28.3. The highest BCUT2D eigenvalue weighted by atomic mass is 35.5. The lowest BCUT2D eigenvalue weighted by Gasteiger charge is -2.37. The van der Waals surface area contributed by atoms with Gasteiger partial charge >= 0.3 is 0 Å². The Hall–Kier alpha value is -1.62. The summed E-state index contributed by atoms with van der Waals surface area (Å²) in [5, 5.41) is 6.26. The van der Waals surface area contributed by atoms with E-state index in [0.29, 0.717) is 40.0 Å². The highest BCUT2D eigenvalue weighted by Gasteiger charge is 2.33. The third-order valence-corrected chi connectivity index (χ3v) is 13.7. The first kappa shape index (κ1) is 31.8. The largest absolute Gasteiger partial charge is 0.352 e. The topological polar surface area (TPSA) is 69.7 Å². The lowest BCUT2D eigenvalue weighted by Crippen LogP contribution is -2.32. The molecule has 2 aliphatic rings. The van der Waals surface area contributed by atoms with Gasteiger partial charge in [-0.3, -0.25) is 9.10 Å². The number of carbonyl (C=O) groups is 1. The van der Waals surface area contributed by atoms with E-state index in [1.807, 2.05) is 11.3 Å². The number of sulfonamides is 1. The quantitative estimate of drug-likeness (QED) is 0.238. The van der Waals surface area contributed by atoms with Crippen LogP contribution in [-0.2, 0) is 22.9 Å². The first-order chi connectivity index (χ1) is 20.1. The maximum atomic E-state index is 13.7. The van der Waals surface area contributed by atoms with Gasteiger partial charge in [-0.2, -0.15) is 0 Å². The van der Waals surface area contributed by atoms with Crippen molar-refractivity contribution in [3.05, 3.63) is 66.6 Å². The van der Waals surface area contributed by atoms with Crippen LogP contribution >= 0.6 is 45.9 Å². The van der Waals surface area contributed by atoms with Gasteiger partial charge in [-0.1, -0.05) is 42.1 Å². The molecule has 11 heteroatoms. The molecule has 1 saturated carbocycles. The molecule has 3 aromatic rings. The lowest BCUT2D eigenvalue weighted by molar-refractivity contribution is 0.0947. The van der Waals surface area contributed by atoms with Crippen LogP contribution in [0, 0.1) is 11.8 Å². The number of halogens is 2. The van der Waals surface area contributed by atoms with E-state index in [4.69, 9.17) is 23.2 Å². The number of rotatable bonds is 10. The number of thiophene rings is 2. The molecule has 1 fully saturated rings. The zero-order chi connectivity index (χ0) is 30.0. The van der Waals surface area contributed by atoms with Gasteiger partial charge in [0.2, 0.25) is 0 Å². The summed E-state index contributed by atoms with van der Waals surface area (Å²) in [6, 6.07) is 9.14. The third kappa shape index (κ3) is 6.71. The molecule has 0 bridgehead atoms. The second kappa shape index (κ2) is 13.6. The Bertz CT molecular complexity index is 1500. The van der Waals surface area contributed by atoms with E-state index in [9.17, 15) is 13.2 Å². The molecule has 0 spiro atoms. The highest BCUT2D eigenvalue weighted by molar-refractivity contribution is 7.93. The standard InChI is InChI=1S/C31H39Cl2N3O3S3/c1-35(2)29(27-9-6-18-40-27)21-12-10-20(11-13-21)16-17-34-30(37)28-23-7-4-5-8-26(23)41-31(28)36(3)42(38,39)22-14-15-24(32)25(33)19-22/h6,9,14-15,18-21,29H,4-5,7-8,10-13,16-17H2,1-3H3,(H,34,37). The molecular formula is C31H39Cl2N3O3S3. The molecule has 1 unspecified atom stereocenters. The number of hydrogen-bond donors (Lipinski definition) is 1. The first-order valence-electron chi connectivity index (χ1n) is 14.6. The van der Waals surface area contributed by atoms with E-state index in [0.717, 1.165) is 42.5 Å². The Balaban J connectivity index is 1.25. The van der Waals surface area contributed by atoms with Crippen molar-refractivity contribution in [3.63, 3.8) is 0 Å². The molecule has 0 saturated heterocycles. The predicted octanol–water partition coefficient (Wildman–Crippen LogP) is 8.05. The van der Waals surface area contributed by atoms with Gasteiger partial charge < -0.3 is 10.2 Å². The molecule has 2 aliphatic carbocycles. The van der Waals surface area contributed by atoms with Gasteiger partial charge in [0.1, 0.15) is 5.00 Å². The van der Waals surface area contributed by atoms with Crippen molar-refractivity contribution in [3.8, 4) is 0 Å².